The molecule has 0 saturated heterocycles. The molecule has 3 aromatic rings. The van der Waals surface area contributed by atoms with Gasteiger partial charge in [0.15, 0.2) is 11.2 Å². The predicted molar refractivity (Wildman–Crippen MR) is 125 cm³/mol. The minimum absolute atomic E-state index is 0.185. The van der Waals surface area contributed by atoms with Crippen LogP contribution in [0.25, 0.3) is 16.9 Å². The van der Waals surface area contributed by atoms with E-state index in [0.29, 0.717) is 42.3 Å². The van der Waals surface area contributed by atoms with E-state index in [2.05, 4.69) is 30.6 Å². The van der Waals surface area contributed by atoms with Gasteiger partial charge in [0, 0.05) is 31.6 Å². The van der Waals surface area contributed by atoms with Gasteiger partial charge in [0.2, 0.25) is 5.95 Å². The van der Waals surface area contributed by atoms with Crippen LogP contribution >= 0.6 is 0 Å². The Balaban J connectivity index is 1.51. The lowest BCUT2D eigenvalue weighted by Crippen LogP contribution is -2.33. The van der Waals surface area contributed by atoms with E-state index in [1.807, 2.05) is 24.3 Å². The summed E-state index contributed by atoms with van der Waals surface area (Å²) in [5, 5.41) is 19.6. The lowest BCUT2D eigenvalue weighted by molar-refractivity contribution is 0.208. The molecular formula is C22H29N9O. The highest BCUT2D eigenvalue weighted by atomic mass is 16.5. The van der Waals surface area contributed by atoms with Gasteiger partial charge in [0.05, 0.1) is 31.0 Å². The first kappa shape index (κ1) is 22.0. The third-order valence-electron chi connectivity index (χ3n) is 5.69. The summed E-state index contributed by atoms with van der Waals surface area (Å²) in [6.07, 6.45) is 8.90. The normalized spacial score (nSPS) is 19.9. The smallest absolute Gasteiger partial charge is 0.225 e. The van der Waals surface area contributed by atoms with E-state index >= 15 is 0 Å². The zero-order valence-electron chi connectivity index (χ0n) is 18.2. The van der Waals surface area contributed by atoms with Crippen LogP contribution in [0.3, 0.4) is 0 Å². The SMILES string of the molecule is COCCN=CC(C=N)c1ccc(-n2nnc3cnc(NC4CCC(N)CC4)nc32)cc1. The van der Waals surface area contributed by atoms with Crippen molar-refractivity contribution in [3.8, 4) is 5.69 Å². The van der Waals surface area contributed by atoms with Crippen LogP contribution in [0.1, 0.15) is 37.2 Å². The fourth-order valence-electron chi connectivity index (χ4n) is 3.81. The number of benzene rings is 1. The molecule has 1 fully saturated rings. The van der Waals surface area contributed by atoms with Crippen molar-refractivity contribution in [2.45, 2.75) is 43.7 Å². The lowest BCUT2D eigenvalue weighted by Gasteiger charge is -2.26. The summed E-state index contributed by atoms with van der Waals surface area (Å²) in [6, 6.07) is 8.45. The summed E-state index contributed by atoms with van der Waals surface area (Å²) >= 11 is 0. The Hall–Kier alpha value is -3.24. The van der Waals surface area contributed by atoms with E-state index < -0.39 is 0 Å². The molecule has 1 atom stereocenters. The first-order chi connectivity index (χ1) is 15.7. The molecule has 0 aliphatic heterocycles. The van der Waals surface area contributed by atoms with Gasteiger partial charge in [-0.15, -0.1) is 5.10 Å². The maximum absolute atomic E-state index is 7.71. The molecule has 2 heterocycles. The van der Waals surface area contributed by atoms with Crippen LogP contribution in [0.2, 0.25) is 0 Å². The Labute approximate surface area is 186 Å². The fraction of sp³-hybridized carbons (Fsp3) is 0.455. The molecule has 168 valence electrons. The number of nitrogens with zero attached hydrogens (tertiary/aromatic N) is 6. The molecule has 0 bridgehead atoms. The van der Waals surface area contributed by atoms with E-state index in [1.54, 1.807) is 24.2 Å². The number of aromatic nitrogens is 5. The average Bonchev–Trinajstić information content (AvgIpc) is 3.24. The van der Waals surface area contributed by atoms with Gasteiger partial charge in [-0.1, -0.05) is 17.3 Å². The molecule has 4 rings (SSSR count). The topological polar surface area (TPSA) is 140 Å². The van der Waals surface area contributed by atoms with Crippen LogP contribution in [-0.4, -0.2) is 69.7 Å². The van der Waals surface area contributed by atoms with Crippen molar-refractivity contribution in [2.75, 3.05) is 25.6 Å². The van der Waals surface area contributed by atoms with Gasteiger partial charge in [-0.2, -0.15) is 9.67 Å². The van der Waals surface area contributed by atoms with Crippen LogP contribution in [0, 0.1) is 5.41 Å². The van der Waals surface area contributed by atoms with Crippen LogP contribution in [0.5, 0.6) is 0 Å². The summed E-state index contributed by atoms with van der Waals surface area (Å²) in [7, 11) is 1.64. The van der Waals surface area contributed by atoms with Crippen LogP contribution in [0.4, 0.5) is 5.95 Å². The standard InChI is InChI=1S/C22H29N9O/c1-32-11-10-25-13-16(12-23)15-2-8-19(9-3-15)31-21-20(29-30-31)14-26-22(28-21)27-18-6-4-17(24)5-7-18/h2-3,8-9,12-14,16-18,23H,4-7,10-11,24H2,1H3,(H,26,27,28). The summed E-state index contributed by atoms with van der Waals surface area (Å²) in [4.78, 5) is 13.4. The number of nitrogens with one attached hydrogen (secondary N) is 2. The number of ether oxygens (including phenoxy) is 1. The van der Waals surface area contributed by atoms with E-state index in [1.165, 1.54) is 6.21 Å². The molecule has 1 aromatic carbocycles. The van der Waals surface area contributed by atoms with Crippen LogP contribution in [0.15, 0.2) is 35.5 Å². The molecular weight excluding hydrogens is 406 g/mol. The largest absolute Gasteiger partial charge is 0.383 e. The maximum atomic E-state index is 7.71. The first-order valence-corrected chi connectivity index (χ1v) is 10.9. The van der Waals surface area contributed by atoms with Gasteiger partial charge in [-0.05, 0) is 43.4 Å². The van der Waals surface area contributed by atoms with Crippen molar-refractivity contribution in [3.05, 3.63) is 36.0 Å². The molecule has 0 radical (unpaired) electrons. The van der Waals surface area contributed by atoms with Gasteiger partial charge >= 0.3 is 0 Å². The minimum atomic E-state index is -0.185. The fourth-order valence-corrected chi connectivity index (χ4v) is 3.81. The van der Waals surface area contributed by atoms with Gasteiger partial charge < -0.3 is 21.2 Å². The zero-order chi connectivity index (χ0) is 22.3. The number of aliphatic imine (C=N–C) groups is 1. The predicted octanol–water partition coefficient (Wildman–Crippen LogP) is 2.34. The number of anilines is 1. The zero-order valence-corrected chi connectivity index (χ0v) is 18.2. The monoisotopic (exact) mass is 435 g/mol. The van der Waals surface area contributed by atoms with Crippen molar-refractivity contribution < 1.29 is 4.74 Å². The Morgan fingerprint density at radius 1 is 1.28 bits per heavy atom. The Kier molecular flexibility index (Phi) is 7.13. The summed E-state index contributed by atoms with van der Waals surface area (Å²) < 4.78 is 6.71. The van der Waals surface area contributed by atoms with Gasteiger partial charge in [0.25, 0.3) is 0 Å². The molecule has 1 saturated carbocycles. The van der Waals surface area contributed by atoms with Crippen molar-refractivity contribution >= 4 is 29.5 Å². The maximum Gasteiger partial charge on any atom is 0.225 e. The molecule has 1 aliphatic rings. The molecule has 1 aliphatic carbocycles. The van der Waals surface area contributed by atoms with E-state index in [4.69, 9.17) is 15.9 Å². The third-order valence-corrected chi connectivity index (χ3v) is 5.69. The average molecular weight is 436 g/mol. The molecule has 1 unspecified atom stereocenters. The quantitative estimate of drug-likeness (QED) is 0.346. The number of hydrogen-bond acceptors (Lipinski definition) is 9. The summed E-state index contributed by atoms with van der Waals surface area (Å²) in [5.74, 6) is 0.393. The van der Waals surface area contributed by atoms with Gasteiger partial charge in [-0.25, -0.2) is 4.98 Å². The summed E-state index contributed by atoms with van der Waals surface area (Å²) in [6.45, 7) is 1.14. The highest BCUT2D eigenvalue weighted by Crippen LogP contribution is 2.22. The third kappa shape index (κ3) is 5.14. The number of methoxy groups -OCH3 is 1. The second-order valence-corrected chi connectivity index (χ2v) is 7.99. The minimum Gasteiger partial charge on any atom is -0.383 e. The second kappa shape index (κ2) is 10.4. The Morgan fingerprint density at radius 3 is 2.78 bits per heavy atom. The molecule has 10 heteroatoms. The number of hydrogen-bond donors (Lipinski definition) is 3. The number of rotatable bonds is 9. The van der Waals surface area contributed by atoms with Gasteiger partial charge in [0.1, 0.15) is 0 Å². The molecule has 0 amide bonds. The molecule has 0 spiro atoms. The van der Waals surface area contributed by atoms with Crippen molar-refractivity contribution in [1.29, 1.82) is 5.41 Å². The van der Waals surface area contributed by atoms with E-state index in [-0.39, 0.29) is 5.92 Å². The number of fused-ring (bicyclic) bond motifs is 1. The lowest BCUT2D eigenvalue weighted by atomic mass is 9.92. The molecule has 4 N–H and O–H groups in total. The van der Waals surface area contributed by atoms with E-state index in [0.717, 1.165) is 36.9 Å². The van der Waals surface area contributed by atoms with Crippen molar-refractivity contribution in [3.63, 3.8) is 0 Å². The van der Waals surface area contributed by atoms with Crippen molar-refractivity contribution in [1.82, 2.24) is 25.0 Å². The van der Waals surface area contributed by atoms with Gasteiger partial charge in [-0.3, -0.25) is 4.99 Å². The van der Waals surface area contributed by atoms with E-state index in [9.17, 15) is 0 Å². The number of nitrogens with two attached hydrogens (primary N) is 1. The van der Waals surface area contributed by atoms with Crippen LogP contribution in [-0.2, 0) is 4.74 Å². The summed E-state index contributed by atoms with van der Waals surface area (Å²) in [5.41, 5.74) is 9.10. The van der Waals surface area contributed by atoms with Crippen LogP contribution < -0.4 is 11.1 Å². The molecule has 10 nitrogen and oxygen atoms in total. The molecule has 32 heavy (non-hydrogen) atoms. The molecule has 2 aromatic heterocycles. The second-order valence-electron chi connectivity index (χ2n) is 7.99. The Bertz CT molecular complexity index is 1050. The first-order valence-electron chi connectivity index (χ1n) is 10.9. The Morgan fingerprint density at radius 2 is 2.06 bits per heavy atom. The highest BCUT2D eigenvalue weighted by molar-refractivity contribution is 5.89. The van der Waals surface area contributed by atoms with Crippen molar-refractivity contribution in [2.24, 2.45) is 10.7 Å². The highest BCUT2D eigenvalue weighted by Gasteiger charge is 2.19.